The molecule has 5 heteroatoms. The zero-order valence-electron chi connectivity index (χ0n) is 11.9. The highest BCUT2D eigenvalue weighted by Gasteiger charge is 2.15. The summed E-state index contributed by atoms with van der Waals surface area (Å²) in [5.74, 6) is -1.03. The maximum Gasteiger partial charge on any atom is 0.337 e. The molecular formula is C16H17ClN2O2. The Hall–Kier alpha value is -2.20. The molecule has 0 spiro atoms. The van der Waals surface area contributed by atoms with Crippen molar-refractivity contribution >= 4 is 28.9 Å². The van der Waals surface area contributed by atoms with Gasteiger partial charge in [-0.3, -0.25) is 0 Å². The highest BCUT2D eigenvalue weighted by atomic mass is 35.5. The number of nitrogens with two attached hydrogens (primary N) is 1. The molecule has 0 aliphatic rings. The van der Waals surface area contributed by atoms with Gasteiger partial charge in [-0.2, -0.15) is 0 Å². The number of nitrogen functional groups attached to an aromatic ring is 1. The van der Waals surface area contributed by atoms with E-state index in [0.717, 1.165) is 11.3 Å². The van der Waals surface area contributed by atoms with Crippen molar-refractivity contribution in [3.05, 3.63) is 58.6 Å². The van der Waals surface area contributed by atoms with Crippen LogP contribution in [-0.2, 0) is 0 Å². The second-order valence-corrected chi connectivity index (χ2v) is 5.36. The van der Waals surface area contributed by atoms with Crippen LogP contribution in [-0.4, -0.2) is 18.1 Å². The predicted octanol–water partition coefficient (Wildman–Crippen LogP) is 3.82. The van der Waals surface area contributed by atoms with Crippen molar-refractivity contribution in [3.63, 3.8) is 0 Å². The summed E-state index contributed by atoms with van der Waals surface area (Å²) in [6, 6.07) is 12.7. The summed E-state index contributed by atoms with van der Waals surface area (Å²) in [7, 11) is 1.91. The van der Waals surface area contributed by atoms with Crippen LogP contribution in [0.3, 0.4) is 0 Å². The summed E-state index contributed by atoms with van der Waals surface area (Å²) in [4.78, 5) is 13.1. The van der Waals surface area contributed by atoms with Gasteiger partial charge in [-0.25, -0.2) is 4.79 Å². The maximum atomic E-state index is 11.2. The van der Waals surface area contributed by atoms with Crippen LogP contribution < -0.4 is 10.6 Å². The molecule has 0 saturated heterocycles. The van der Waals surface area contributed by atoms with Gasteiger partial charge in [0.1, 0.15) is 0 Å². The number of carboxylic acids is 1. The van der Waals surface area contributed by atoms with Crippen molar-refractivity contribution in [3.8, 4) is 0 Å². The summed E-state index contributed by atoms with van der Waals surface area (Å²) < 4.78 is 0. The molecule has 1 unspecified atom stereocenters. The SMILES string of the molecule is CC(c1cccc(Cl)c1)N(C)c1ccc(N)c(C(=O)O)c1. The summed E-state index contributed by atoms with van der Waals surface area (Å²) in [6.07, 6.45) is 0. The Bertz CT molecular complexity index is 673. The molecule has 2 aromatic rings. The molecule has 2 aromatic carbocycles. The van der Waals surface area contributed by atoms with E-state index in [1.54, 1.807) is 12.1 Å². The second kappa shape index (κ2) is 6.06. The van der Waals surface area contributed by atoms with Crippen LogP contribution in [0, 0.1) is 0 Å². The van der Waals surface area contributed by atoms with Gasteiger partial charge in [-0.1, -0.05) is 23.7 Å². The zero-order valence-corrected chi connectivity index (χ0v) is 12.6. The van der Waals surface area contributed by atoms with Gasteiger partial charge in [0.2, 0.25) is 0 Å². The number of carbonyl (C=O) groups is 1. The van der Waals surface area contributed by atoms with E-state index in [2.05, 4.69) is 0 Å². The number of hydrogen-bond acceptors (Lipinski definition) is 3. The molecule has 1 atom stereocenters. The Labute approximate surface area is 128 Å². The summed E-state index contributed by atoms with van der Waals surface area (Å²) in [5.41, 5.74) is 7.89. The molecule has 3 N–H and O–H groups in total. The van der Waals surface area contributed by atoms with E-state index in [9.17, 15) is 4.79 Å². The third-order valence-corrected chi connectivity index (χ3v) is 3.82. The topological polar surface area (TPSA) is 66.6 Å². The van der Waals surface area contributed by atoms with Gasteiger partial charge in [0.05, 0.1) is 11.6 Å². The normalized spacial score (nSPS) is 12.0. The fourth-order valence-electron chi connectivity index (χ4n) is 2.16. The number of nitrogens with zero attached hydrogens (tertiary/aromatic N) is 1. The number of benzene rings is 2. The largest absolute Gasteiger partial charge is 0.478 e. The number of anilines is 2. The fourth-order valence-corrected chi connectivity index (χ4v) is 2.36. The first-order chi connectivity index (χ1) is 9.90. The van der Waals surface area contributed by atoms with E-state index in [4.69, 9.17) is 22.4 Å². The maximum absolute atomic E-state index is 11.2. The minimum absolute atomic E-state index is 0.0500. The van der Waals surface area contributed by atoms with Gasteiger partial charge < -0.3 is 15.7 Å². The van der Waals surface area contributed by atoms with E-state index in [1.807, 2.05) is 49.2 Å². The Balaban J connectivity index is 2.33. The lowest BCUT2D eigenvalue weighted by atomic mass is 10.1. The smallest absolute Gasteiger partial charge is 0.337 e. The van der Waals surface area contributed by atoms with Crippen molar-refractivity contribution < 1.29 is 9.90 Å². The summed E-state index contributed by atoms with van der Waals surface area (Å²) >= 11 is 6.01. The molecule has 0 amide bonds. The van der Waals surface area contributed by atoms with Crippen LogP contribution in [0.1, 0.15) is 28.9 Å². The molecule has 0 radical (unpaired) electrons. The first kappa shape index (κ1) is 15.2. The predicted molar refractivity (Wildman–Crippen MR) is 86.1 cm³/mol. The third kappa shape index (κ3) is 3.28. The van der Waals surface area contributed by atoms with Gasteiger partial charge in [0.25, 0.3) is 0 Å². The van der Waals surface area contributed by atoms with Crippen LogP contribution in [0.15, 0.2) is 42.5 Å². The first-order valence-electron chi connectivity index (χ1n) is 6.51. The second-order valence-electron chi connectivity index (χ2n) is 4.92. The molecule has 0 fully saturated rings. The molecule has 21 heavy (non-hydrogen) atoms. The standard InChI is InChI=1S/C16H17ClN2O2/c1-10(11-4-3-5-12(17)8-11)19(2)13-6-7-15(18)14(9-13)16(20)21/h3-10H,18H2,1-2H3,(H,20,21). The van der Waals surface area contributed by atoms with Crippen LogP contribution in [0.2, 0.25) is 5.02 Å². The zero-order chi connectivity index (χ0) is 15.6. The molecule has 0 aliphatic heterocycles. The molecule has 0 heterocycles. The van der Waals surface area contributed by atoms with Crippen LogP contribution >= 0.6 is 11.6 Å². The number of rotatable bonds is 4. The van der Waals surface area contributed by atoms with Crippen LogP contribution in [0.4, 0.5) is 11.4 Å². The van der Waals surface area contributed by atoms with Gasteiger partial charge >= 0.3 is 5.97 Å². The molecule has 0 aliphatic carbocycles. The number of carboxylic acid groups (broad SMARTS) is 1. The lowest BCUT2D eigenvalue weighted by molar-refractivity contribution is 0.0698. The van der Waals surface area contributed by atoms with E-state index in [-0.39, 0.29) is 17.3 Å². The Morgan fingerprint density at radius 2 is 2.00 bits per heavy atom. The molecule has 110 valence electrons. The Morgan fingerprint density at radius 3 is 2.62 bits per heavy atom. The van der Waals surface area contributed by atoms with E-state index in [0.29, 0.717) is 5.02 Å². The Morgan fingerprint density at radius 1 is 1.29 bits per heavy atom. The van der Waals surface area contributed by atoms with Crippen molar-refractivity contribution in [2.75, 3.05) is 17.7 Å². The molecule has 0 saturated carbocycles. The molecule has 4 nitrogen and oxygen atoms in total. The highest BCUT2D eigenvalue weighted by Crippen LogP contribution is 2.28. The highest BCUT2D eigenvalue weighted by molar-refractivity contribution is 6.30. The van der Waals surface area contributed by atoms with Crippen molar-refractivity contribution in [2.45, 2.75) is 13.0 Å². The summed E-state index contributed by atoms with van der Waals surface area (Å²) in [6.45, 7) is 2.03. The number of hydrogen-bond donors (Lipinski definition) is 2. The van der Waals surface area contributed by atoms with Crippen LogP contribution in [0.5, 0.6) is 0 Å². The van der Waals surface area contributed by atoms with Crippen molar-refractivity contribution in [1.82, 2.24) is 0 Å². The van der Waals surface area contributed by atoms with E-state index in [1.165, 1.54) is 0 Å². The molecule has 0 bridgehead atoms. The average molecular weight is 305 g/mol. The van der Waals surface area contributed by atoms with Crippen LogP contribution in [0.25, 0.3) is 0 Å². The quantitative estimate of drug-likeness (QED) is 0.843. The van der Waals surface area contributed by atoms with Gasteiger partial charge in [-0.05, 0) is 42.8 Å². The third-order valence-electron chi connectivity index (χ3n) is 3.59. The van der Waals surface area contributed by atoms with E-state index >= 15 is 0 Å². The van der Waals surface area contributed by atoms with Crippen molar-refractivity contribution in [1.29, 1.82) is 0 Å². The minimum Gasteiger partial charge on any atom is -0.478 e. The number of halogens is 1. The summed E-state index contributed by atoms with van der Waals surface area (Å²) in [5, 5.41) is 9.83. The lowest BCUT2D eigenvalue weighted by Crippen LogP contribution is -2.22. The molecule has 0 aromatic heterocycles. The Kier molecular flexibility index (Phi) is 4.38. The van der Waals surface area contributed by atoms with E-state index < -0.39 is 5.97 Å². The van der Waals surface area contributed by atoms with Gasteiger partial charge in [0, 0.05) is 23.4 Å². The molecular weight excluding hydrogens is 288 g/mol. The van der Waals surface area contributed by atoms with Gasteiger partial charge in [0.15, 0.2) is 0 Å². The molecule has 2 rings (SSSR count). The number of aromatic carboxylic acids is 1. The first-order valence-corrected chi connectivity index (χ1v) is 6.89. The van der Waals surface area contributed by atoms with Gasteiger partial charge in [-0.15, -0.1) is 0 Å². The monoisotopic (exact) mass is 304 g/mol. The van der Waals surface area contributed by atoms with Crippen molar-refractivity contribution in [2.24, 2.45) is 0 Å². The average Bonchev–Trinajstić information content (AvgIpc) is 2.46. The fraction of sp³-hybridized carbons (Fsp3) is 0.188. The minimum atomic E-state index is -1.03. The lowest BCUT2D eigenvalue weighted by Gasteiger charge is -2.28.